The molecule has 0 spiro atoms. The number of fused-ring (bicyclic) bond motifs is 1. The van der Waals surface area contributed by atoms with E-state index in [0.29, 0.717) is 37.7 Å². The van der Waals surface area contributed by atoms with Crippen LogP contribution in [-0.4, -0.2) is 52.3 Å². The maximum atomic E-state index is 12.3. The number of aromatic hydroxyl groups is 1. The molecule has 35 heavy (non-hydrogen) atoms. The summed E-state index contributed by atoms with van der Waals surface area (Å²) in [7, 11) is 0. The van der Waals surface area contributed by atoms with E-state index in [1.54, 1.807) is 18.2 Å². The molecule has 0 fully saturated rings. The average Bonchev–Trinajstić information content (AvgIpc) is 3.37. The second-order valence-electron chi connectivity index (χ2n) is 10.2. The number of aryl methyl sites for hydroxylation is 1. The molecule has 7 heteroatoms. The average molecular weight is 486 g/mol. The molecule has 1 aromatic rings. The minimum Gasteiger partial charge on any atom is -0.504 e. The lowest BCUT2D eigenvalue weighted by Crippen LogP contribution is -3.10. The summed E-state index contributed by atoms with van der Waals surface area (Å²) < 4.78 is 6.05. The molecule has 2 aliphatic heterocycles. The molecule has 0 amide bonds. The second kappa shape index (κ2) is 13.0. The van der Waals surface area contributed by atoms with E-state index >= 15 is 0 Å². The number of hydrogen-bond donors (Lipinski definition) is 4. The van der Waals surface area contributed by atoms with Gasteiger partial charge in [0.25, 0.3) is 0 Å². The van der Waals surface area contributed by atoms with Gasteiger partial charge >= 0.3 is 0 Å². The van der Waals surface area contributed by atoms with Gasteiger partial charge in [0.05, 0.1) is 17.8 Å². The lowest BCUT2D eigenvalue weighted by molar-refractivity contribution is -0.866. The molecular weight excluding hydrogens is 444 g/mol. The summed E-state index contributed by atoms with van der Waals surface area (Å²) in [6.45, 7) is 7.59. The lowest BCUT2D eigenvalue weighted by Gasteiger charge is -2.18. The summed E-state index contributed by atoms with van der Waals surface area (Å²) >= 11 is 0. The number of rotatable bonds is 15. The van der Waals surface area contributed by atoms with Gasteiger partial charge < -0.3 is 20.1 Å². The van der Waals surface area contributed by atoms with Crippen molar-refractivity contribution in [3.05, 3.63) is 47.3 Å². The van der Waals surface area contributed by atoms with E-state index in [2.05, 4.69) is 24.9 Å². The summed E-state index contributed by atoms with van der Waals surface area (Å²) in [5.41, 5.74) is 4.54. The maximum absolute atomic E-state index is 12.3. The van der Waals surface area contributed by atoms with Gasteiger partial charge in [-0.2, -0.15) is 0 Å². The van der Waals surface area contributed by atoms with Crippen molar-refractivity contribution in [3.63, 3.8) is 0 Å². The fourth-order valence-electron chi connectivity index (χ4n) is 4.66. The molecule has 0 aromatic heterocycles. The van der Waals surface area contributed by atoms with E-state index in [9.17, 15) is 20.1 Å². The molecule has 0 radical (unpaired) electrons. The molecule has 1 unspecified atom stereocenters. The number of benzene rings is 1. The number of ketones is 1. The van der Waals surface area contributed by atoms with E-state index in [4.69, 9.17) is 4.74 Å². The van der Waals surface area contributed by atoms with Crippen LogP contribution in [0, 0.1) is 5.92 Å². The van der Waals surface area contributed by atoms with Crippen LogP contribution in [-0.2, 0) is 11.2 Å². The number of hydrogen-bond acceptors (Lipinski definition) is 6. The third-order valence-corrected chi connectivity index (χ3v) is 6.63. The molecule has 3 atom stereocenters. The number of Topliss-reactive ketones (excluding diaryl/α,β-unsaturated/α-hetero) is 1. The number of nitrogens with zero attached hydrogens (tertiary/aromatic N) is 1. The number of quaternary nitrogens is 1. The van der Waals surface area contributed by atoms with E-state index in [-0.39, 0.29) is 24.4 Å². The van der Waals surface area contributed by atoms with Crippen LogP contribution in [0.5, 0.6) is 11.5 Å². The van der Waals surface area contributed by atoms with Gasteiger partial charge in [0.1, 0.15) is 23.7 Å². The topological polar surface area (TPSA) is 104 Å². The highest BCUT2D eigenvalue weighted by Crippen LogP contribution is 2.28. The van der Waals surface area contributed by atoms with E-state index < -0.39 is 12.2 Å². The molecular formula is C28H41N2O5+. The molecule has 3 rings (SSSR count). The minimum absolute atomic E-state index is 0.0416. The molecule has 0 aliphatic carbocycles. The van der Waals surface area contributed by atoms with E-state index in [1.165, 1.54) is 16.2 Å². The zero-order valence-electron chi connectivity index (χ0n) is 21.3. The van der Waals surface area contributed by atoms with Crippen molar-refractivity contribution >= 4 is 11.5 Å². The maximum Gasteiger partial charge on any atom is 0.227 e. The van der Waals surface area contributed by atoms with Crippen molar-refractivity contribution in [2.75, 3.05) is 13.3 Å². The summed E-state index contributed by atoms with van der Waals surface area (Å²) in [5.74, 6) is 1.06. The van der Waals surface area contributed by atoms with Crippen LogP contribution < -0.4 is 9.64 Å². The molecule has 1 aromatic carbocycles. The highest BCUT2D eigenvalue weighted by Gasteiger charge is 2.33. The number of carbonyl (C=O) groups is 1. The number of nitrogens with one attached hydrogen (secondary N) is 1. The highest BCUT2D eigenvalue weighted by atomic mass is 16.5. The number of phenols is 1. The van der Waals surface area contributed by atoms with E-state index in [0.717, 1.165) is 37.1 Å². The summed E-state index contributed by atoms with van der Waals surface area (Å²) in [6, 6.07) is 5.18. The monoisotopic (exact) mass is 485 g/mol. The Balaban J connectivity index is 1.53. The highest BCUT2D eigenvalue weighted by molar-refractivity contribution is 6.07. The zero-order chi connectivity index (χ0) is 25.4. The van der Waals surface area contributed by atoms with Crippen LogP contribution in [0.4, 0.5) is 0 Å². The number of phenolic OH excluding ortho intramolecular Hbond substituents is 1. The Labute approximate surface area is 208 Å². The van der Waals surface area contributed by atoms with E-state index in [1.807, 2.05) is 13.1 Å². The third-order valence-electron chi connectivity index (χ3n) is 6.63. The smallest absolute Gasteiger partial charge is 0.227 e. The van der Waals surface area contributed by atoms with Crippen LogP contribution >= 0.6 is 0 Å². The molecule has 0 saturated carbocycles. The van der Waals surface area contributed by atoms with Crippen molar-refractivity contribution in [3.8, 4) is 11.5 Å². The van der Waals surface area contributed by atoms with Crippen molar-refractivity contribution < 1.29 is 29.8 Å². The number of carbonyl (C=O) groups excluding carboxylic acids is 1. The van der Waals surface area contributed by atoms with Crippen LogP contribution in [0.15, 0.2) is 46.7 Å². The number of ether oxygens (including phenoxy) is 1. The normalized spacial score (nSPS) is 18.7. The van der Waals surface area contributed by atoms with Gasteiger partial charge in [0.15, 0.2) is 11.5 Å². The van der Waals surface area contributed by atoms with Crippen LogP contribution in [0.1, 0.15) is 71.3 Å². The quantitative estimate of drug-likeness (QED) is 0.306. The van der Waals surface area contributed by atoms with Crippen LogP contribution in [0.2, 0.25) is 0 Å². The molecule has 2 aliphatic rings. The van der Waals surface area contributed by atoms with Gasteiger partial charge in [-0.25, -0.2) is 0 Å². The molecule has 0 saturated heterocycles. The first kappa shape index (κ1) is 27.1. The minimum atomic E-state index is -0.816. The Morgan fingerprint density at radius 2 is 1.97 bits per heavy atom. The van der Waals surface area contributed by atoms with Gasteiger partial charge in [0, 0.05) is 25.5 Å². The number of aliphatic imine (C=N–C) groups is 1. The Morgan fingerprint density at radius 1 is 1.17 bits per heavy atom. The largest absolute Gasteiger partial charge is 0.504 e. The van der Waals surface area contributed by atoms with Crippen molar-refractivity contribution in [1.29, 1.82) is 0 Å². The first-order chi connectivity index (χ1) is 16.8. The molecule has 7 nitrogen and oxygen atoms in total. The van der Waals surface area contributed by atoms with Gasteiger partial charge in [0.2, 0.25) is 6.73 Å². The fraction of sp³-hybridized carbons (Fsp3) is 0.571. The third kappa shape index (κ3) is 8.02. The lowest BCUT2D eigenvalue weighted by atomic mass is 10.00. The fourth-order valence-corrected chi connectivity index (χ4v) is 4.66. The van der Waals surface area contributed by atoms with Gasteiger partial charge in [-0.3, -0.25) is 14.7 Å². The van der Waals surface area contributed by atoms with Gasteiger partial charge in [-0.05, 0) is 55.4 Å². The second-order valence-corrected chi connectivity index (χ2v) is 10.2. The summed E-state index contributed by atoms with van der Waals surface area (Å²) in [6.07, 6.45) is 7.19. The Morgan fingerprint density at radius 3 is 2.71 bits per heavy atom. The Kier molecular flexibility index (Phi) is 10.1. The van der Waals surface area contributed by atoms with Gasteiger partial charge in [-0.15, -0.1) is 0 Å². The summed E-state index contributed by atoms with van der Waals surface area (Å²) in [4.78, 5) is 18.0. The van der Waals surface area contributed by atoms with Crippen molar-refractivity contribution in [2.24, 2.45) is 10.9 Å². The van der Waals surface area contributed by atoms with Crippen LogP contribution in [0.25, 0.3) is 0 Å². The summed E-state index contributed by atoms with van der Waals surface area (Å²) in [5, 5.41) is 30.2. The molecule has 4 N–H and O–H groups in total. The molecule has 2 heterocycles. The number of aliphatic hydroxyl groups excluding tert-OH is 2. The van der Waals surface area contributed by atoms with Gasteiger partial charge in [-0.1, -0.05) is 33.3 Å². The number of allylic oxidation sites excluding steroid dienone is 2. The predicted octanol–water partition coefficient (Wildman–Crippen LogP) is 3.09. The molecule has 0 bridgehead atoms. The molecule has 192 valence electrons. The predicted molar refractivity (Wildman–Crippen MR) is 137 cm³/mol. The Bertz CT molecular complexity index is 966. The van der Waals surface area contributed by atoms with Crippen molar-refractivity contribution in [1.82, 2.24) is 0 Å². The first-order valence-corrected chi connectivity index (χ1v) is 12.9. The zero-order valence-corrected chi connectivity index (χ0v) is 21.3. The standard InChI is InChI=1S/C28H40N2O5/c1-4-5-21(31)15-23(33)16-22(32)9-7-20-8-11-27(34)28(14-20)35-18-30-17-25-24(12-13-29-25)26(30)10-6-19(2)3/h8,11-14,19,21,23,31,33-34H,4-7,9-10,15-18H2,1-3H3/p+1/t21-,23+/m0/s1. The van der Waals surface area contributed by atoms with Crippen molar-refractivity contribution in [2.45, 2.75) is 84.3 Å². The van der Waals surface area contributed by atoms with Crippen LogP contribution in [0.3, 0.4) is 0 Å². The number of aliphatic hydroxyl groups is 2. The SMILES string of the molecule is CCC[C@H](O)C[C@@H](O)CC(=O)CCc1ccc(O)c(OC[NH+]2CC3=NC=CC3=C2CCC(C)C)c1. The first-order valence-electron chi connectivity index (χ1n) is 12.9. The Hall–Kier alpha value is -2.48.